The van der Waals surface area contributed by atoms with Gasteiger partial charge in [-0.1, -0.05) is 18.2 Å². The molecule has 6 N–H and O–H groups in total. The number of rotatable bonds is 7. The van der Waals surface area contributed by atoms with Crippen LogP contribution in [0.2, 0.25) is 0 Å². The highest BCUT2D eigenvalue weighted by molar-refractivity contribution is 5.99. The number of para-hydroxylation sites is 1. The molecule has 3 rings (SSSR count). The van der Waals surface area contributed by atoms with Crippen LogP contribution in [-0.2, 0) is 4.79 Å². The summed E-state index contributed by atoms with van der Waals surface area (Å²) in [6.07, 6.45) is -4.96. The van der Waals surface area contributed by atoms with E-state index in [1.807, 2.05) is 5.32 Å². The van der Waals surface area contributed by atoms with E-state index in [-0.39, 0.29) is 11.4 Å². The van der Waals surface area contributed by atoms with Crippen LogP contribution in [0.1, 0.15) is 16.8 Å². The predicted molar refractivity (Wildman–Crippen MR) is 105 cm³/mol. The van der Waals surface area contributed by atoms with Gasteiger partial charge in [-0.3, -0.25) is 14.6 Å². The molecule has 31 heavy (non-hydrogen) atoms. The van der Waals surface area contributed by atoms with Gasteiger partial charge >= 0.3 is 6.18 Å². The summed E-state index contributed by atoms with van der Waals surface area (Å²) in [5.74, 6) is -4.54. The van der Waals surface area contributed by atoms with Crippen molar-refractivity contribution in [1.82, 2.24) is 9.97 Å². The van der Waals surface area contributed by atoms with Crippen molar-refractivity contribution in [2.24, 2.45) is 11.5 Å². The van der Waals surface area contributed by atoms with E-state index in [0.717, 1.165) is 5.39 Å². The fourth-order valence-corrected chi connectivity index (χ4v) is 2.77. The number of anilines is 3. The molecule has 162 valence electrons. The number of nitrogens with zero attached hydrogens (tertiary/aromatic N) is 2. The number of halogens is 4. The van der Waals surface area contributed by atoms with Crippen LogP contribution in [0.4, 0.5) is 34.9 Å². The lowest BCUT2D eigenvalue weighted by atomic mass is 10.1. The van der Waals surface area contributed by atoms with Gasteiger partial charge in [0.1, 0.15) is 11.9 Å². The predicted octanol–water partition coefficient (Wildman–Crippen LogP) is 2.83. The van der Waals surface area contributed by atoms with E-state index >= 15 is 0 Å². The Morgan fingerprint density at radius 3 is 2.45 bits per heavy atom. The third-order valence-electron chi connectivity index (χ3n) is 4.18. The molecule has 0 bridgehead atoms. The second kappa shape index (κ2) is 8.42. The molecule has 0 saturated carbocycles. The Morgan fingerprint density at radius 1 is 1.10 bits per heavy atom. The van der Waals surface area contributed by atoms with Gasteiger partial charge in [-0.15, -0.1) is 0 Å². The van der Waals surface area contributed by atoms with Crippen LogP contribution in [0, 0.1) is 5.82 Å². The van der Waals surface area contributed by atoms with Crippen LogP contribution in [0.25, 0.3) is 10.9 Å². The van der Waals surface area contributed by atoms with E-state index in [9.17, 15) is 27.2 Å². The molecule has 0 spiro atoms. The highest BCUT2D eigenvalue weighted by Crippen LogP contribution is 2.27. The number of benzene rings is 1. The number of carbonyl (C=O) groups is 2. The zero-order chi connectivity index (χ0) is 22.8. The van der Waals surface area contributed by atoms with E-state index in [1.54, 1.807) is 30.3 Å². The Morgan fingerprint density at radius 2 is 1.81 bits per heavy atom. The second-order valence-electron chi connectivity index (χ2n) is 6.54. The van der Waals surface area contributed by atoms with Crippen LogP contribution >= 0.6 is 0 Å². The molecular weight excluding hydrogens is 420 g/mol. The summed E-state index contributed by atoms with van der Waals surface area (Å²) in [6, 6.07) is 7.52. The Hall–Kier alpha value is -3.96. The Labute approximate surface area is 172 Å². The Balaban J connectivity index is 1.98. The fraction of sp³-hybridized carbons (Fsp3) is 0.158. The number of hydrogen-bond acceptors (Lipinski definition) is 6. The lowest BCUT2D eigenvalue weighted by Crippen LogP contribution is -2.39. The highest BCUT2D eigenvalue weighted by Gasteiger charge is 2.35. The van der Waals surface area contributed by atoms with E-state index in [0.29, 0.717) is 17.3 Å². The zero-order valence-electron chi connectivity index (χ0n) is 15.7. The van der Waals surface area contributed by atoms with Crippen molar-refractivity contribution in [1.29, 1.82) is 0 Å². The summed E-state index contributed by atoms with van der Waals surface area (Å²) in [5.41, 5.74) is 10.9. The summed E-state index contributed by atoms with van der Waals surface area (Å²) in [4.78, 5) is 31.1. The summed E-state index contributed by atoms with van der Waals surface area (Å²) < 4.78 is 52.5. The van der Waals surface area contributed by atoms with Gasteiger partial charge in [0.05, 0.1) is 29.4 Å². The van der Waals surface area contributed by atoms with E-state index in [1.165, 1.54) is 6.20 Å². The molecule has 0 aliphatic rings. The second-order valence-corrected chi connectivity index (χ2v) is 6.54. The first-order valence-electron chi connectivity index (χ1n) is 8.78. The number of aromatic nitrogens is 2. The highest BCUT2D eigenvalue weighted by atomic mass is 19.4. The maximum absolute atomic E-state index is 14.4. The van der Waals surface area contributed by atoms with Crippen LogP contribution in [0.5, 0.6) is 0 Å². The molecule has 8 nitrogen and oxygen atoms in total. The average molecular weight is 436 g/mol. The van der Waals surface area contributed by atoms with Gasteiger partial charge in [-0.2, -0.15) is 13.2 Å². The number of primary amides is 2. The van der Waals surface area contributed by atoms with Gasteiger partial charge in [-0.25, -0.2) is 9.37 Å². The minimum absolute atomic E-state index is 0.247. The lowest BCUT2D eigenvalue weighted by molar-refractivity contribution is -0.144. The van der Waals surface area contributed by atoms with Gasteiger partial charge in [-0.05, 0) is 18.2 Å². The molecule has 2 aromatic heterocycles. The van der Waals surface area contributed by atoms with Gasteiger partial charge in [0.2, 0.25) is 5.91 Å². The standard InChI is InChI=1S/C19H16F4N6O2/c20-12-6-11(15(24)30)17(27-10-5-9-3-1-2-4-13(9)26-8-10)29-18(12)28-14(16(25)31)7-19(21,22)23/h1-6,8,14H,7H2,(H2,24,30)(H2,25,31)(H2,27,28,29)/t14-/m1/s1. The molecule has 0 saturated heterocycles. The van der Waals surface area contributed by atoms with Gasteiger partial charge < -0.3 is 22.1 Å². The van der Waals surface area contributed by atoms with Crippen LogP contribution in [0.15, 0.2) is 42.6 Å². The molecule has 2 amide bonds. The number of hydrogen-bond donors (Lipinski definition) is 4. The van der Waals surface area contributed by atoms with Crippen LogP contribution in [-0.4, -0.2) is 34.0 Å². The maximum atomic E-state index is 14.4. The third-order valence-corrected chi connectivity index (χ3v) is 4.18. The fourth-order valence-electron chi connectivity index (χ4n) is 2.77. The molecule has 0 aliphatic heterocycles. The molecule has 0 unspecified atom stereocenters. The summed E-state index contributed by atoms with van der Waals surface area (Å²) in [7, 11) is 0. The molecule has 3 aromatic rings. The van der Waals surface area contributed by atoms with Crippen LogP contribution < -0.4 is 22.1 Å². The number of fused-ring (bicyclic) bond motifs is 1. The molecule has 0 fully saturated rings. The minimum atomic E-state index is -4.74. The maximum Gasteiger partial charge on any atom is 0.391 e. The number of pyridine rings is 2. The number of alkyl halides is 3. The molecule has 1 atom stereocenters. The number of nitrogens with two attached hydrogens (primary N) is 2. The Kier molecular flexibility index (Phi) is 5.90. The van der Waals surface area contributed by atoms with Crippen LogP contribution in [0.3, 0.4) is 0 Å². The molecule has 12 heteroatoms. The van der Waals surface area contributed by atoms with Crippen molar-refractivity contribution in [3.05, 3.63) is 54.0 Å². The molecule has 0 radical (unpaired) electrons. The van der Waals surface area contributed by atoms with Crippen molar-refractivity contribution in [3.8, 4) is 0 Å². The third kappa shape index (κ3) is 5.35. The van der Waals surface area contributed by atoms with Crippen molar-refractivity contribution >= 4 is 40.0 Å². The summed E-state index contributed by atoms with van der Waals surface area (Å²) >= 11 is 0. The smallest absolute Gasteiger partial charge is 0.368 e. The summed E-state index contributed by atoms with van der Waals surface area (Å²) in [5, 5.41) is 5.52. The topological polar surface area (TPSA) is 136 Å². The Bertz CT molecular complexity index is 1150. The molecule has 2 heterocycles. The van der Waals surface area contributed by atoms with Gasteiger partial charge in [0, 0.05) is 5.39 Å². The van der Waals surface area contributed by atoms with Gasteiger partial charge in [0.25, 0.3) is 5.91 Å². The quantitative estimate of drug-likeness (QED) is 0.421. The first-order chi connectivity index (χ1) is 14.5. The normalized spacial score (nSPS) is 12.4. The lowest BCUT2D eigenvalue weighted by Gasteiger charge is -2.19. The van der Waals surface area contributed by atoms with E-state index < -0.39 is 42.1 Å². The van der Waals surface area contributed by atoms with Crippen molar-refractivity contribution in [2.75, 3.05) is 10.6 Å². The molecule has 0 aliphatic carbocycles. The minimum Gasteiger partial charge on any atom is -0.368 e. The summed E-state index contributed by atoms with van der Waals surface area (Å²) in [6.45, 7) is 0. The van der Waals surface area contributed by atoms with Crippen molar-refractivity contribution in [2.45, 2.75) is 18.6 Å². The van der Waals surface area contributed by atoms with Crippen molar-refractivity contribution in [3.63, 3.8) is 0 Å². The first kappa shape index (κ1) is 21.7. The number of amides is 2. The average Bonchev–Trinajstić information content (AvgIpc) is 2.68. The molecule has 1 aromatic carbocycles. The number of nitrogens with one attached hydrogen (secondary N) is 2. The van der Waals surface area contributed by atoms with Gasteiger partial charge in [0.15, 0.2) is 11.6 Å². The first-order valence-corrected chi connectivity index (χ1v) is 8.78. The van der Waals surface area contributed by atoms with E-state index in [2.05, 4.69) is 15.3 Å². The number of carbonyl (C=O) groups excluding carboxylic acids is 2. The zero-order valence-corrected chi connectivity index (χ0v) is 15.7. The SMILES string of the molecule is NC(=O)c1cc(F)c(N[C@H](CC(F)(F)F)C(N)=O)nc1Nc1cnc2ccccc2c1. The van der Waals surface area contributed by atoms with E-state index in [4.69, 9.17) is 11.5 Å². The molecular formula is C19H16F4N6O2. The largest absolute Gasteiger partial charge is 0.391 e. The monoisotopic (exact) mass is 436 g/mol. The van der Waals surface area contributed by atoms with Crippen molar-refractivity contribution < 1.29 is 27.2 Å².